The second kappa shape index (κ2) is 4.65. The summed E-state index contributed by atoms with van der Waals surface area (Å²) in [4.78, 5) is 5.41. The van der Waals surface area contributed by atoms with Crippen molar-refractivity contribution in [3.05, 3.63) is 21.9 Å². The van der Waals surface area contributed by atoms with Crippen molar-refractivity contribution in [3.63, 3.8) is 0 Å². The van der Waals surface area contributed by atoms with Crippen LogP contribution in [0.25, 0.3) is 0 Å². The fourth-order valence-electron chi connectivity index (χ4n) is 1.85. The highest BCUT2D eigenvalue weighted by Gasteiger charge is 2.20. The first kappa shape index (κ1) is 10.5. The van der Waals surface area contributed by atoms with Gasteiger partial charge in [-0.25, -0.2) is 0 Å². The molecule has 0 radical (unpaired) electrons. The van der Waals surface area contributed by atoms with Crippen molar-refractivity contribution in [2.24, 2.45) is 0 Å². The molecule has 0 saturated carbocycles. The molecule has 1 aromatic heterocycles. The van der Waals surface area contributed by atoms with E-state index in [-0.39, 0.29) is 0 Å². The highest BCUT2D eigenvalue weighted by atomic mass is 35.5. The van der Waals surface area contributed by atoms with Gasteiger partial charge in [0.15, 0.2) is 0 Å². The smallest absolute Gasteiger partial charge is 0.0475 e. The molecule has 0 aliphatic carbocycles. The van der Waals surface area contributed by atoms with Crippen molar-refractivity contribution in [2.45, 2.75) is 31.7 Å². The lowest BCUT2D eigenvalue weighted by molar-refractivity contribution is 0.335. The summed E-state index contributed by atoms with van der Waals surface area (Å²) in [7, 11) is 0. The molecule has 0 spiro atoms. The van der Waals surface area contributed by atoms with E-state index in [0.29, 0.717) is 5.38 Å². The summed E-state index contributed by atoms with van der Waals surface area (Å²) >= 11 is 8.00. The van der Waals surface area contributed by atoms with Crippen molar-refractivity contribution in [3.8, 4) is 0 Å². The number of hydrogen-bond donors (Lipinski definition) is 0. The summed E-state index contributed by atoms with van der Waals surface area (Å²) in [6.45, 7) is 5.52. The summed E-state index contributed by atoms with van der Waals surface area (Å²) in [6, 6.07) is 4.50. The zero-order valence-corrected chi connectivity index (χ0v) is 10.1. The summed E-state index contributed by atoms with van der Waals surface area (Å²) in [6.07, 6.45) is 2.30. The maximum atomic E-state index is 6.07. The van der Waals surface area contributed by atoms with Crippen LogP contribution in [0.4, 0.5) is 0 Å². The van der Waals surface area contributed by atoms with Gasteiger partial charge in [0.05, 0.1) is 0 Å². The van der Waals surface area contributed by atoms with Gasteiger partial charge in [0.25, 0.3) is 0 Å². The Morgan fingerprint density at radius 3 is 2.86 bits per heavy atom. The minimum atomic E-state index is 0.376. The van der Waals surface area contributed by atoms with Crippen LogP contribution in [-0.2, 0) is 13.0 Å². The highest BCUT2D eigenvalue weighted by molar-refractivity contribution is 7.11. The molecule has 0 amide bonds. The Balaban J connectivity index is 1.90. The van der Waals surface area contributed by atoms with Gasteiger partial charge in [-0.15, -0.1) is 22.9 Å². The number of aryl methyl sites for hydroxylation is 1. The van der Waals surface area contributed by atoms with Crippen molar-refractivity contribution >= 4 is 22.9 Å². The van der Waals surface area contributed by atoms with E-state index in [1.54, 1.807) is 0 Å². The molecular weight excluding hydrogens is 214 g/mol. The zero-order chi connectivity index (χ0) is 9.97. The Kier molecular flexibility index (Phi) is 3.47. The maximum absolute atomic E-state index is 6.07. The number of alkyl halides is 1. The van der Waals surface area contributed by atoms with Crippen LogP contribution >= 0.6 is 22.9 Å². The molecule has 2 rings (SSSR count). The number of halogens is 1. The lowest BCUT2D eigenvalue weighted by Gasteiger charge is -2.12. The zero-order valence-electron chi connectivity index (χ0n) is 8.50. The fraction of sp³-hybridized carbons (Fsp3) is 0.636. The standard InChI is InChI=1S/C11H16ClNS/c1-2-10-3-4-11(14-10)8-13-6-5-9(12)7-13/h3-4,9H,2,5-8H2,1H3. The normalized spacial score (nSPS) is 23.1. The van der Waals surface area contributed by atoms with Gasteiger partial charge in [-0.2, -0.15) is 0 Å². The van der Waals surface area contributed by atoms with Gasteiger partial charge in [0.1, 0.15) is 0 Å². The summed E-state index contributed by atoms with van der Waals surface area (Å²) < 4.78 is 0. The lowest BCUT2D eigenvalue weighted by Crippen LogP contribution is -2.19. The van der Waals surface area contributed by atoms with E-state index in [4.69, 9.17) is 11.6 Å². The Morgan fingerprint density at radius 2 is 2.29 bits per heavy atom. The van der Waals surface area contributed by atoms with Gasteiger partial charge >= 0.3 is 0 Å². The van der Waals surface area contributed by atoms with Crippen LogP contribution < -0.4 is 0 Å². The van der Waals surface area contributed by atoms with Crippen molar-refractivity contribution in [1.29, 1.82) is 0 Å². The molecule has 0 N–H and O–H groups in total. The van der Waals surface area contributed by atoms with Crippen molar-refractivity contribution in [1.82, 2.24) is 4.90 Å². The van der Waals surface area contributed by atoms with E-state index in [0.717, 1.165) is 32.5 Å². The van der Waals surface area contributed by atoms with Crippen LogP contribution in [0.1, 0.15) is 23.1 Å². The van der Waals surface area contributed by atoms with Crippen LogP contribution in [0, 0.1) is 0 Å². The molecule has 1 aliphatic rings. The Morgan fingerprint density at radius 1 is 1.50 bits per heavy atom. The van der Waals surface area contributed by atoms with E-state index in [2.05, 4.69) is 24.0 Å². The van der Waals surface area contributed by atoms with E-state index in [1.807, 2.05) is 11.3 Å². The Bertz CT molecular complexity index is 297. The minimum absolute atomic E-state index is 0.376. The lowest BCUT2D eigenvalue weighted by atomic mass is 10.3. The van der Waals surface area contributed by atoms with Gasteiger partial charge in [-0.1, -0.05) is 6.92 Å². The topological polar surface area (TPSA) is 3.24 Å². The van der Waals surface area contributed by atoms with Gasteiger partial charge in [0, 0.05) is 34.8 Å². The third-order valence-corrected chi connectivity index (χ3v) is 4.23. The van der Waals surface area contributed by atoms with E-state index < -0.39 is 0 Å². The highest BCUT2D eigenvalue weighted by Crippen LogP contribution is 2.22. The first-order chi connectivity index (χ1) is 6.78. The van der Waals surface area contributed by atoms with Crippen molar-refractivity contribution in [2.75, 3.05) is 13.1 Å². The number of thiophene rings is 1. The molecule has 1 nitrogen and oxygen atoms in total. The fourth-order valence-corrected chi connectivity index (χ4v) is 3.14. The first-order valence-electron chi connectivity index (χ1n) is 5.22. The second-order valence-electron chi connectivity index (χ2n) is 3.84. The molecular formula is C11H16ClNS. The molecule has 2 heterocycles. The second-order valence-corrected chi connectivity index (χ2v) is 5.71. The number of rotatable bonds is 3. The predicted molar refractivity (Wildman–Crippen MR) is 63.2 cm³/mol. The van der Waals surface area contributed by atoms with E-state index in [1.165, 1.54) is 9.75 Å². The molecule has 3 heteroatoms. The summed E-state index contributed by atoms with van der Waals surface area (Å²) in [5.74, 6) is 0. The summed E-state index contributed by atoms with van der Waals surface area (Å²) in [5, 5.41) is 0.376. The average molecular weight is 230 g/mol. The molecule has 1 aromatic rings. The molecule has 0 bridgehead atoms. The maximum Gasteiger partial charge on any atom is 0.0475 e. The first-order valence-corrected chi connectivity index (χ1v) is 6.47. The monoisotopic (exact) mass is 229 g/mol. The molecule has 1 fully saturated rings. The molecule has 14 heavy (non-hydrogen) atoms. The average Bonchev–Trinajstić information content (AvgIpc) is 2.76. The van der Waals surface area contributed by atoms with Gasteiger partial charge in [-0.3, -0.25) is 4.90 Å². The van der Waals surface area contributed by atoms with Crippen LogP contribution in [0.3, 0.4) is 0 Å². The molecule has 1 unspecified atom stereocenters. The van der Waals surface area contributed by atoms with Crippen LogP contribution in [0.5, 0.6) is 0 Å². The Labute approximate surface area is 94.7 Å². The molecule has 0 aromatic carbocycles. The molecule has 78 valence electrons. The van der Waals surface area contributed by atoms with E-state index >= 15 is 0 Å². The number of nitrogens with zero attached hydrogens (tertiary/aromatic N) is 1. The SMILES string of the molecule is CCc1ccc(CN2CCC(Cl)C2)s1. The summed E-state index contributed by atoms with van der Waals surface area (Å²) in [5.41, 5.74) is 0. The van der Waals surface area contributed by atoms with Gasteiger partial charge < -0.3 is 0 Å². The third-order valence-electron chi connectivity index (χ3n) is 2.66. The minimum Gasteiger partial charge on any atom is -0.297 e. The molecule has 1 aliphatic heterocycles. The van der Waals surface area contributed by atoms with Crippen LogP contribution in [0.2, 0.25) is 0 Å². The number of likely N-dealkylation sites (tertiary alicyclic amines) is 1. The largest absolute Gasteiger partial charge is 0.297 e. The van der Waals surface area contributed by atoms with Crippen LogP contribution in [0.15, 0.2) is 12.1 Å². The Hall–Kier alpha value is -0.0500. The van der Waals surface area contributed by atoms with Gasteiger partial charge in [-0.05, 0) is 25.0 Å². The third kappa shape index (κ3) is 2.50. The molecule has 1 saturated heterocycles. The predicted octanol–water partition coefficient (Wildman–Crippen LogP) is 3.12. The van der Waals surface area contributed by atoms with E-state index in [9.17, 15) is 0 Å². The quantitative estimate of drug-likeness (QED) is 0.720. The number of hydrogen-bond acceptors (Lipinski definition) is 2. The van der Waals surface area contributed by atoms with Crippen LogP contribution in [-0.4, -0.2) is 23.4 Å². The van der Waals surface area contributed by atoms with Gasteiger partial charge in [0.2, 0.25) is 0 Å². The molecule has 1 atom stereocenters. The van der Waals surface area contributed by atoms with Crippen molar-refractivity contribution < 1.29 is 0 Å².